The Kier molecular flexibility index (Phi) is 7.09. The molecule has 0 spiro atoms. The van der Waals surface area contributed by atoms with E-state index in [4.69, 9.17) is 4.74 Å². The van der Waals surface area contributed by atoms with Gasteiger partial charge >= 0.3 is 6.03 Å². The van der Waals surface area contributed by atoms with Crippen molar-refractivity contribution in [1.29, 1.82) is 0 Å². The first-order valence-corrected chi connectivity index (χ1v) is 12.9. The minimum absolute atomic E-state index is 0.0874. The van der Waals surface area contributed by atoms with Crippen molar-refractivity contribution in [3.8, 4) is 17.0 Å². The van der Waals surface area contributed by atoms with Crippen molar-refractivity contribution in [2.45, 2.75) is 37.6 Å². The van der Waals surface area contributed by atoms with E-state index in [1.807, 2.05) is 37.2 Å². The maximum atomic E-state index is 13.2. The van der Waals surface area contributed by atoms with E-state index in [0.29, 0.717) is 23.7 Å². The number of aryl methyl sites for hydroxylation is 1. The summed E-state index contributed by atoms with van der Waals surface area (Å²) in [4.78, 5) is 19.2. The third kappa shape index (κ3) is 5.31. The predicted molar refractivity (Wildman–Crippen MR) is 136 cm³/mol. The van der Waals surface area contributed by atoms with Gasteiger partial charge in [-0.3, -0.25) is 0 Å². The molecule has 0 fully saturated rings. The molecule has 0 radical (unpaired) electrons. The first-order valence-electron chi connectivity index (χ1n) is 11.4. The van der Waals surface area contributed by atoms with E-state index in [9.17, 15) is 13.2 Å². The smallest absolute Gasteiger partial charge is 0.333 e. The van der Waals surface area contributed by atoms with Gasteiger partial charge in [-0.25, -0.2) is 22.9 Å². The molecule has 35 heavy (non-hydrogen) atoms. The lowest BCUT2D eigenvalue weighted by atomic mass is 9.98. The van der Waals surface area contributed by atoms with E-state index in [1.165, 1.54) is 6.07 Å². The largest absolute Gasteiger partial charge is 0.481 e. The lowest BCUT2D eigenvalue weighted by molar-refractivity contribution is 0.256. The molecule has 1 heterocycles. The number of anilines is 1. The van der Waals surface area contributed by atoms with Crippen LogP contribution in [0.15, 0.2) is 53.6 Å². The number of urea groups is 1. The van der Waals surface area contributed by atoms with Gasteiger partial charge in [-0.1, -0.05) is 24.3 Å². The van der Waals surface area contributed by atoms with Crippen LogP contribution in [0, 0.1) is 6.92 Å². The standard InChI is InChI=1S/C26H30N4O4S/c1-17-20(16-30(2)3)8-6-10-23(17)35(32,33)29-26(31)28-25-21-9-5-7-18(21)11-12-22(25)19-13-14-27-24(15-19)34-4/h6,8,10-15H,5,7,9,16H2,1-4H3,(H2,28,29,31). The molecule has 0 aliphatic heterocycles. The van der Waals surface area contributed by atoms with Crippen molar-refractivity contribution in [3.05, 3.63) is 70.9 Å². The number of nitrogens with zero attached hydrogens (tertiary/aromatic N) is 2. The number of carbonyl (C=O) groups is 1. The highest BCUT2D eigenvalue weighted by molar-refractivity contribution is 7.90. The molecule has 0 bridgehead atoms. The normalized spacial score (nSPS) is 12.9. The first kappa shape index (κ1) is 24.7. The van der Waals surface area contributed by atoms with Crippen LogP contribution in [0.2, 0.25) is 0 Å². The Morgan fingerprint density at radius 2 is 1.94 bits per heavy atom. The number of hydrogen-bond acceptors (Lipinski definition) is 6. The fraction of sp³-hybridized carbons (Fsp3) is 0.308. The number of benzene rings is 2. The number of nitrogens with one attached hydrogen (secondary N) is 2. The van der Waals surface area contributed by atoms with Crippen LogP contribution in [-0.4, -0.2) is 45.5 Å². The second-order valence-electron chi connectivity index (χ2n) is 8.90. The van der Waals surface area contributed by atoms with Crippen LogP contribution in [-0.2, 0) is 29.4 Å². The van der Waals surface area contributed by atoms with E-state index in [2.05, 4.69) is 21.1 Å². The molecule has 4 rings (SSSR count). The number of fused-ring (bicyclic) bond motifs is 1. The van der Waals surface area contributed by atoms with Crippen molar-refractivity contribution in [3.63, 3.8) is 0 Å². The summed E-state index contributed by atoms with van der Waals surface area (Å²) in [5.74, 6) is 0.453. The molecule has 0 unspecified atom stereocenters. The first-order chi connectivity index (χ1) is 16.7. The van der Waals surface area contributed by atoms with Gasteiger partial charge in [0.25, 0.3) is 10.0 Å². The zero-order valence-electron chi connectivity index (χ0n) is 20.4. The average molecular weight is 495 g/mol. The number of sulfonamides is 1. The molecule has 1 aliphatic rings. The third-order valence-electron chi connectivity index (χ3n) is 6.18. The summed E-state index contributed by atoms with van der Waals surface area (Å²) in [5, 5.41) is 2.84. The van der Waals surface area contributed by atoms with Crippen molar-refractivity contribution in [2.75, 3.05) is 26.5 Å². The Hall–Kier alpha value is -3.43. The molecule has 2 aromatic carbocycles. The molecular formula is C26H30N4O4S. The van der Waals surface area contributed by atoms with Crippen LogP contribution in [0.3, 0.4) is 0 Å². The lowest BCUT2D eigenvalue weighted by Gasteiger charge is -2.18. The number of pyridine rings is 1. The molecule has 1 aliphatic carbocycles. The summed E-state index contributed by atoms with van der Waals surface area (Å²) >= 11 is 0. The van der Waals surface area contributed by atoms with Gasteiger partial charge in [-0.15, -0.1) is 0 Å². The maximum Gasteiger partial charge on any atom is 0.333 e. The Bertz CT molecular complexity index is 1370. The highest BCUT2D eigenvalue weighted by Gasteiger charge is 2.25. The van der Waals surface area contributed by atoms with Gasteiger partial charge in [-0.05, 0) is 80.2 Å². The van der Waals surface area contributed by atoms with Crippen LogP contribution in [0.1, 0.15) is 28.7 Å². The molecule has 9 heteroatoms. The number of ether oxygens (including phenoxy) is 1. The fourth-order valence-corrected chi connectivity index (χ4v) is 5.71. The van der Waals surface area contributed by atoms with Crippen molar-refractivity contribution in [2.24, 2.45) is 0 Å². The van der Waals surface area contributed by atoms with Crippen LogP contribution in [0.4, 0.5) is 10.5 Å². The number of aromatic nitrogens is 1. The highest BCUT2D eigenvalue weighted by Crippen LogP contribution is 2.38. The molecule has 2 amide bonds. The van der Waals surface area contributed by atoms with E-state index in [0.717, 1.165) is 47.1 Å². The number of rotatable bonds is 7. The third-order valence-corrected chi connectivity index (χ3v) is 7.65. The van der Waals surface area contributed by atoms with E-state index >= 15 is 0 Å². The summed E-state index contributed by atoms with van der Waals surface area (Å²) in [7, 11) is 1.30. The summed E-state index contributed by atoms with van der Waals surface area (Å²) in [5.41, 5.74) is 5.88. The van der Waals surface area contributed by atoms with Crippen molar-refractivity contribution in [1.82, 2.24) is 14.6 Å². The summed E-state index contributed by atoms with van der Waals surface area (Å²) in [6.07, 6.45) is 4.34. The van der Waals surface area contributed by atoms with Gasteiger partial charge in [0.15, 0.2) is 0 Å². The van der Waals surface area contributed by atoms with Crippen LogP contribution in [0.5, 0.6) is 5.88 Å². The molecule has 8 nitrogen and oxygen atoms in total. The summed E-state index contributed by atoms with van der Waals surface area (Å²) in [6.45, 7) is 2.35. The Morgan fingerprint density at radius 3 is 2.69 bits per heavy atom. The topological polar surface area (TPSA) is 101 Å². The second kappa shape index (κ2) is 10.1. The minimum Gasteiger partial charge on any atom is -0.481 e. The average Bonchev–Trinajstić information content (AvgIpc) is 3.29. The number of carbonyl (C=O) groups excluding carboxylic acids is 1. The molecule has 1 aromatic heterocycles. The van der Waals surface area contributed by atoms with Crippen LogP contribution >= 0.6 is 0 Å². The van der Waals surface area contributed by atoms with Gasteiger partial charge in [0.05, 0.1) is 17.7 Å². The predicted octanol–water partition coefficient (Wildman–Crippen LogP) is 4.13. The molecule has 0 saturated carbocycles. The highest BCUT2D eigenvalue weighted by atomic mass is 32.2. The van der Waals surface area contributed by atoms with Gasteiger partial charge in [0, 0.05) is 24.4 Å². The van der Waals surface area contributed by atoms with Gasteiger partial charge < -0.3 is 15.0 Å². The fourth-order valence-electron chi connectivity index (χ4n) is 4.52. The SMILES string of the molecule is COc1cc(-c2ccc3c(c2NC(=O)NS(=O)(=O)c2cccc(CN(C)C)c2C)CCC3)ccn1. The van der Waals surface area contributed by atoms with Crippen molar-refractivity contribution < 1.29 is 17.9 Å². The number of hydrogen-bond donors (Lipinski definition) is 2. The molecule has 3 aromatic rings. The quantitative estimate of drug-likeness (QED) is 0.512. The van der Waals surface area contributed by atoms with Crippen molar-refractivity contribution >= 4 is 21.7 Å². The molecule has 0 atom stereocenters. The van der Waals surface area contributed by atoms with E-state index in [-0.39, 0.29) is 4.90 Å². The number of amides is 2. The van der Waals surface area contributed by atoms with E-state index in [1.54, 1.807) is 32.4 Å². The Labute approximate surface area is 206 Å². The Balaban J connectivity index is 1.65. The maximum absolute atomic E-state index is 13.2. The zero-order valence-corrected chi connectivity index (χ0v) is 21.2. The number of methoxy groups -OCH3 is 1. The van der Waals surface area contributed by atoms with E-state index < -0.39 is 16.1 Å². The lowest BCUT2D eigenvalue weighted by Crippen LogP contribution is -2.35. The Morgan fingerprint density at radius 1 is 1.14 bits per heavy atom. The molecule has 184 valence electrons. The van der Waals surface area contributed by atoms with Gasteiger partial charge in [0.2, 0.25) is 5.88 Å². The molecule has 2 N–H and O–H groups in total. The summed E-state index contributed by atoms with van der Waals surface area (Å²) < 4.78 is 33.8. The molecular weight excluding hydrogens is 464 g/mol. The van der Waals surface area contributed by atoms with Gasteiger partial charge in [0.1, 0.15) is 0 Å². The summed E-state index contributed by atoms with van der Waals surface area (Å²) in [6, 6.07) is 11.9. The van der Waals surface area contributed by atoms with Crippen LogP contribution in [0.25, 0.3) is 11.1 Å². The van der Waals surface area contributed by atoms with Gasteiger partial charge in [-0.2, -0.15) is 0 Å². The molecule has 0 saturated heterocycles. The monoisotopic (exact) mass is 494 g/mol. The van der Waals surface area contributed by atoms with Crippen LogP contribution < -0.4 is 14.8 Å². The minimum atomic E-state index is -4.08. The second-order valence-corrected chi connectivity index (χ2v) is 10.6. The zero-order chi connectivity index (χ0) is 25.2.